The molecule has 2 aromatic rings. The molecule has 1 aromatic carbocycles. The third kappa shape index (κ3) is 3.57. The smallest absolute Gasteiger partial charge is 0.225 e. The first-order valence-electron chi connectivity index (χ1n) is 8.56. The van der Waals surface area contributed by atoms with Gasteiger partial charge in [-0.3, -0.25) is 14.3 Å². The minimum Gasteiger partial charge on any atom is -0.349 e. The van der Waals surface area contributed by atoms with Gasteiger partial charge >= 0.3 is 0 Å². The zero-order chi connectivity index (χ0) is 18.1. The van der Waals surface area contributed by atoms with Crippen molar-refractivity contribution in [1.82, 2.24) is 15.1 Å². The number of nitrogens with one attached hydrogen (secondary N) is 2. The molecule has 2 N–H and O–H groups in total. The highest BCUT2D eigenvalue weighted by atomic mass is 16.2. The van der Waals surface area contributed by atoms with E-state index >= 15 is 0 Å². The molecule has 0 radical (unpaired) electrons. The first-order valence-corrected chi connectivity index (χ1v) is 8.56. The van der Waals surface area contributed by atoms with Gasteiger partial charge in [0.25, 0.3) is 0 Å². The van der Waals surface area contributed by atoms with Crippen molar-refractivity contribution in [1.29, 1.82) is 0 Å². The maximum absolute atomic E-state index is 12.4. The molecule has 132 valence electrons. The monoisotopic (exact) mass is 340 g/mol. The number of anilines is 1. The number of rotatable bonds is 4. The summed E-state index contributed by atoms with van der Waals surface area (Å²) in [4.78, 5) is 23.9. The quantitative estimate of drug-likeness (QED) is 0.897. The van der Waals surface area contributed by atoms with Gasteiger partial charge in [-0.1, -0.05) is 12.1 Å². The van der Waals surface area contributed by atoms with Crippen molar-refractivity contribution in [3.8, 4) is 0 Å². The molecule has 0 fully saturated rings. The molecule has 25 heavy (non-hydrogen) atoms. The number of amides is 2. The Labute approximate surface area is 147 Å². The fourth-order valence-corrected chi connectivity index (χ4v) is 3.28. The molecule has 3 rings (SSSR count). The predicted molar refractivity (Wildman–Crippen MR) is 96.3 cm³/mol. The summed E-state index contributed by atoms with van der Waals surface area (Å²) in [5, 5.41) is 10.3. The van der Waals surface area contributed by atoms with Crippen molar-refractivity contribution in [3.63, 3.8) is 0 Å². The summed E-state index contributed by atoms with van der Waals surface area (Å²) >= 11 is 0. The molecule has 0 saturated heterocycles. The van der Waals surface area contributed by atoms with Crippen LogP contribution in [0.15, 0.2) is 18.2 Å². The van der Waals surface area contributed by atoms with Crippen LogP contribution in [0.2, 0.25) is 0 Å². The van der Waals surface area contributed by atoms with Crippen molar-refractivity contribution in [2.24, 2.45) is 7.05 Å². The van der Waals surface area contributed by atoms with Gasteiger partial charge in [-0.05, 0) is 44.4 Å². The Morgan fingerprint density at radius 3 is 2.80 bits per heavy atom. The van der Waals surface area contributed by atoms with Gasteiger partial charge in [0.15, 0.2) is 0 Å². The van der Waals surface area contributed by atoms with Crippen molar-refractivity contribution < 1.29 is 9.59 Å². The van der Waals surface area contributed by atoms with E-state index in [4.69, 9.17) is 0 Å². The van der Waals surface area contributed by atoms with Crippen LogP contribution < -0.4 is 10.6 Å². The standard InChI is InChI=1S/C19H24N4O2/c1-11(14-5-7-17-15(9-14)6-8-18(24)21-17)20-19(25)10-16-12(2)22-23(4)13(16)3/h5,7,9,11H,6,8,10H2,1-4H3,(H,20,25)(H,21,24)/t11-/m0/s1. The second-order valence-electron chi connectivity index (χ2n) is 6.70. The highest BCUT2D eigenvalue weighted by molar-refractivity contribution is 5.93. The third-order valence-electron chi connectivity index (χ3n) is 4.90. The molecule has 1 aromatic heterocycles. The van der Waals surface area contributed by atoms with Crippen LogP contribution >= 0.6 is 0 Å². The molecule has 0 spiro atoms. The predicted octanol–water partition coefficient (Wildman–Crippen LogP) is 2.34. The highest BCUT2D eigenvalue weighted by Gasteiger charge is 2.18. The Balaban J connectivity index is 1.68. The summed E-state index contributed by atoms with van der Waals surface area (Å²) in [6.07, 6.45) is 1.58. The van der Waals surface area contributed by atoms with Crippen LogP contribution in [0.3, 0.4) is 0 Å². The van der Waals surface area contributed by atoms with Gasteiger partial charge in [0, 0.05) is 30.4 Å². The fourth-order valence-electron chi connectivity index (χ4n) is 3.28. The molecule has 0 bridgehead atoms. The molecular formula is C19H24N4O2. The minimum absolute atomic E-state index is 0.0160. The number of hydrogen-bond acceptors (Lipinski definition) is 3. The number of hydrogen-bond donors (Lipinski definition) is 2. The summed E-state index contributed by atoms with van der Waals surface area (Å²) in [7, 11) is 1.89. The van der Waals surface area contributed by atoms with Crippen LogP contribution in [0.5, 0.6) is 0 Å². The van der Waals surface area contributed by atoms with E-state index in [0.29, 0.717) is 12.8 Å². The molecule has 6 nitrogen and oxygen atoms in total. The number of fused-ring (bicyclic) bond motifs is 1. The molecule has 0 unspecified atom stereocenters. The third-order valence-corrected chi connectivity index (χ3v) is 4.90. The lowest BCUT2D eigenvalue weighted by molar-refractivity contribution is -0.121. The first kappa shape index (κ1) is 17.2. The van der Waals surface area contributed by atoms with Crippen molar-refractivity contribution in [2.45, 2.75) is 46.1 Å². The van der Waals surface area contributed by atoms with Gasteiger partial charge < -0.3 is 10.6 Å². The van der Waals surface area contributed by atoms with Crippen LogP contribution in [-0.2, 0) is 29.5 Å². The second-order valence-corrected chi connectivity index (χ2v) is 6.70. The first-order chi connectivity index (χ1) is 11.8. The Bertz CT molecular complexity index is 838. The van der Waals surface area contributed by atoms with E-state index in [1.807, 2.05) is 40.0 Å². The number of nitrogens with zero attached hydrogens (tertiary/aromatic N) is 2. The van der Waals surface area contributed by atoms with E-state index in [1.165, 1.54) is 0 Å². The molecule has 1 aliphatic rings. The largest absolute Gasteiger partial charge is 0.349 e. The highest BCUT2D eigenvalue weighted by Crippen LogP contribution is 2.26. The van der Waals surface area contributed by atoms with Gasteiger partial charge in [-0.15, -0.1) is 0 Å². The Morgan fingerprint density at radius 2 is 2.12 bits per heavy atom. The van der Waals surface area contributed by atoms with Crippen LogP contribution in [0.25, 0.3) is 0 Å². The molecule has 0 saturated carbocycles. The molecule has 0 aliphatic carbocycles. The molecule has 1 atom stereocenters. The summed E-state index contributed by atoms with van der Waals surface area (Å²) < 4.78 is 1.80. The van der Waals surface area contributed by atoms with Crippen LogP contribution in [-0.4, -0.2) is 21.6 Å². The SMILES string of the molecule is Cc1nn(C)c(C)c1CC(=O)N[C@@H](C)c1ccc2c(c1)CCC(=O)N2. The van der Waals surface area contributed by atoms with Crippen molar-refractivity contribution in [3.05, 3.63) is 46.3 Å². The van der Waals surface area contributed by atoms with Gasteiger partial charge in [-0.2, -0.15) is 5.10 Å². The summed E-state index contributed by atoms with van der Waals surface area (Å²) in [6, 6.07) is 5.85. The molecule has 2 heterocycles. The Hall–Kier alpha value is -2.63. The van der Waals surface area contributed by atoms with Crippen LogP contribution in [0, 0.1) is 13.8 Å². The van der Waals surface area contributed by atoms with Gasteiger partial charge in [-0.25, -0.2) is 0 Å². The zero-order valence-corrected chi connectivity index (χ0v) is 15.1. The lowest BCUT2D eigenvalue weighted by Gasteiger charge is -2.20. The normalized spacial score (nSPS) is 14.6. The van der Waals surface area contributed by atoms with E-state index in [-0.39, 0.29) is 17.9 Å². The number of aryl methyl sites for hydroxylation is 3. The average Bonchev–Trinajstić information content (AvgIpc) is 2.80. The Kier molecular flexibility index (Phi) is 4.61. The summed E-state index contributed by atoms with van der Waals surface area (Å²) in [6.45, 7) is 5.88. The topological polar surface area (TPSA) is 76.0 Å². The van der Waals surface area contributed by atoms with Gasteiger partial charge in [0.1, 0.15) is 0 Å². The number of benzene rings is 1. The lowest BCUT2D eigenvalue weighted by atomic mass is 9.97. The van der Waals surface area contributed by atoms with E-state index in [0.717, 1.165) is 40.2 Å². The van der Waals surface area contributed by atoms with E-state index in [9.17, 15) is 9.59 Å². The number of carbonyl (C=O) groups excluding carboxylic acids is 2. The number of carbonyl (C=O) groups is 2. The second kappa shape index (κ2) is 6.70. The zero-order valence-electron chi connectivity index (χ0n) is 15.1. The van der Waals surface area contributed by atoms with Gasteiger partial charge in [0.05, 0.1) is 18.2 Å². The average molecular weight is 340 g/mol. The fraction of sp³-hybridized carbons (Fsp3) is 0.421. The van der Waals surface area contributed by atoms with Gasteiger partial charge in [0.2, 0.25) is 11.8 Å². The van der Waals surface area contributed by atoms with E-state index in [1.54, 1.807) is 4.68 Å². The number of aromatic nitrogens is 2. The molecule has 1 aliphatic heterocycles. The molecular weight excluding hydrogens is 316 g/mol. The maximum atomic E-state index is 12.4. The van der Waals surface area contributed by atoms with Crippen molar-refractivity contribution >= 4 is 17.5 Å². The molecule has 6 heteroatoms. The maximum Gasteiger partial charge on any atom is 0.225 e. The summed E-state index contributed by atoms with van der Waals surface area (Å²) in [5.74, 6) is 0.0431. The van der Waals surface area contributed by atoms with Crippen LogP contribution in [0.1, 0.15) is 47.5 Å². The lowest BCUT2D eigenvalue weighted by Crippen LogP contribution is -2.28. The molecule has 2 amide bonds. The van der Waals surface area contributed by atoms with Crippen LogP contribution in [0.4, 0.5) is 5.69 Å². The Morgan fingerprint density at radius 1 is 1.36 bits per heavy atom. The van der Waals surface area contributed by atoms with E-state index < -0.39 is 0 Å². The van der Waals surface area contributed by atoms with Crippen molar-refractivity contribution in [2.75, 3.05) is 5.32 Å². The summed E-state index contributed by atoms with van der Waals surface area (Å²) in [5.41, 5.74) is 5.94. The minimum atomic E-state index is -0.0901. The van der Waals surface area contributed by atoms with E-state index in [2.05, 4.69) is 21.8 Å².